The van der Waals surface area contributed by atoms with E-state index in [1.54, 1.807) is 0 Å². The van der Waals surface area contributed by atoms with Gasteiger partial charge in [-0.1, -0.05) is 19.8 Å². The molecule has 0 radical (unpaired) electrons. The van der Waals surface area contributed by atoms with Crippen LogP contribution in [0.3, 0.4) is 0 Å². The fourth-order valence-electron chi connectivity index (χ4n) is 2.50. The Balaban J connectivity index is 1.84. The van der Waals surface area contributed by atoms with E-state index >= 15 is 0 Å². The molecule has 1 fully saturated rings. The summed E-state index contributed by atoms with van der Waals surface area (Å²) < 4.78 is 26.2. The Hall–Kier alpha value is -1.56. The van der Waals surface area contributed by atoms with Crippen molar-refractivity contribution in [1.82, 2.24) is 10.7 Å². The third kappa shape index (κ3) is 4.74. The van der Waals surface area contributed by atoms with Gasteiger partial charge >= 0.3 is 0 Å². The Bertz CT molecular complexity index is 534. The largest absolute Gasteiger partial charge is 0.358 e. The van der Waals surface area contributed by atoms with Gasteiger partial charge in [0.2, 0.25) is 0 Å². The second kappa shape index (κ2) is 7.45. The molecule has 0 heterocycles. The van der Waals surface area contributed by atoms with E-state index in [1.807, 2.05) is 0 Å². The molecule has 0 aliphatic heterocycles. The van der Waals surface area contributed by atoms with E-state index < -0.39 is 11.6 Å². The molecule has 2 atom stereocenters. The third-order valence-corrected chi connectivity index (χ3v) is 3.97. The highest BCUT2D eigenvalue weighted by Crippen LogP contribution is 2.23. The van der Waals surface area contributed by atoms with Gasteiger partial charge in [0.05, 0.1) is 6.21 Å². The molecule has 0 aromatic heterocycles. The lowest BCUT2D eigenvalue weighted by atomic mass is 9.86. The molecule has 0 bridgehead atoms. The molecule has 0 spiro atoms. The zero-order valence-corrected chi connectivity index (χ0v) is 12.7. The van der Waals surface area contributed by atoms with Crippen LogP contribution in [0.25, 0.3) is 0 Å². The van der Waals surface area contributed by atoms with Gasteiger partial charge < -0.3 is 5.32 Å². The molecule has 0 unspecified atom stereocenters. The molecule has 1 saturated carbocycles. The predicted molar refractivity (Wildman–Crippen MR) is 84.2 cm³/mol. The fraction of sp³-hybridized carbons (Fsp3) is 0.467. The van der Waals surface area contributed by atoms with Gasteiger partial charge in [-0.25, -0.2) is 8.78 Å². The van der Waals surface area contributed by atoms with Crippen LogP contribution in [-0.4, -0.2) is 17.4 Å². The van der Waals surface area contributed by atoms with Crippen molar-refractivity contribution < 1.29 is 8.78 Å². The summed E-state index contributed by atoms with van der Waals surface area (Å²) >= 11 is 5.17. The van der Waals surface area contributed by atoms with Crippen molar-refractivity contribution in [1.29, 1.82) is 0 Å². The number of hydrazone groups is 1. The van der Waals surface area contributed by atoms with Crippen molar-refractivity contribution in [2.75, 3.05) is 0 Å². The molecular weight excluding hydrogens is 292 g/mol. The fourth-order valence-corrected chi connectivity index (χ4v) is 2.70. The summed E-state index contributed by atoms with van der Waals surface area (Å²) in [5, 5.41) is 7.54. The van der Waals surface area contributed by atoms with Crippen LogP contribution in [0.5, 0.6) is 0 Å². The quantitative estimate of drug-likeness (QED) is 0.511. The number of rotatable bonds is 3. The van der Waals surface area contributed by atoms with E-state index in [4.69, 9.17) is 12.2 Å². The zero-order valence-electron chi connectivity index (χ0n) is 11.9. The summed E-state index contributed by atoms with van der Waals surface area (Å²) in [7, 11) is 0. The molecule has 114 valence electrons. The van der Waals surface area contributed by atoms with Crippen molar-refractivity contribution in [2.45, 2.75) is 38.6 Å². The molecule has 21 heavy (non-hydrogen) atoms. The van der Waals surface area contributed by atoms with Crippen LogP contribution in [0.2, 0.25) is 0 Å². The molecule has 3 nitrogen and oxygen atoms in total. The normalized spacial score (nSPS) is 22.2. The van der Waals surface area contributed by atoms with Crippen LogP contribution < -0.4 is 10.7 Å². The molecule has 6 heteroatoms. The summed E-state index contributed by atoms with van der Waals surface area (Å²) in [4.78, 5) is 0. The average Bonchev–Trinajstić information content (AvgIpc) is 2.44. The first-order valence-corrected chi connectivity index (χ1v) is 7.51. The lowest BCUT2D eigenvalue weighted by Crippen LogP contribution is -2.44. The molecule has 2 N–H and O–H groups in total. The van der Waals surface area contributed by atoms with E-state index in [0.717, 1.165) is 12.5 Å². The predicted octanol–water partition coefficient (Wildman–Crippen LogP) is 3.34. The maximum atomic E-state index is 13.4. The first-order valence-electron chi connectivity index (χ1n) is 7.11. The number of nitrogens with one attached hydrogen (secondary N) is 2. The van der Waals surface area contributed by atoms with Gasteiger partial charge in [-0.15, -0.1) is 0 Å². The zero-order chi connectivity index (χ0) is 15.2. The highest BCUT2D eigenvalue weighted by atomic mass is 32.1. The Labute approximate surface area is 128 Å². The Kier molecular flexibility index (Phi) is 5.61. The van der Waals surface area contributed by atoms with E-state index in [1.165, 1.54) is 37.6 Å². The van der Waals surface area contributed by atoms with Gasteiger partial charge in [0, 0.05) is 17.7 Å². The summed E-state index contributed by atoms with van der Waals surface area (Å²) in [5.74, 6) is -0.682. The first kappa shape index (κ1) is 15.8. The summed E-state index contributed by atoms with van der Waals surface area (Å²) in [6, 6.07) is 3.69. The van der Waals surface area contributed by atoms with Crippen molar-refractivity contribution in [3.05, 3.63) is 35.4 Å². The van der Waals surface area contributed by atoms with Crippen molar-refractivity contribution in [3.8, 4) is 0 Å². The van der Waals surface area contributed by atoms with Gasteiger partial charge in [-0.3, -0.25) is 5.43 Å². The van der Waals surface area contributed by atoms with E-state index in [2.05, 4.69) is 22.8 Å². The second-order valence-corrected chi connectivity index (χ2v) is 5.79. The maximum absolute atomic E-state index is 13.4. The highest BCUT2D eigenvalue weighted by Gasteiger charge is 2.21. The Morgan fingerprint density at radius 1 is 1.33 bits per heavy atom. The molecule has 0 amide bonds. The SMILES string of the molecule is C[C@H]1CCCC[C@@H]1NC(=S)N/N=C\c1ccc(F)cc1F. The van der Waals surface area contributed by atoms with Crippen LogP contribution in [0, 0.1) is 17.6 Å². The van der Waals surface area contributed by atoms with Crippen molar-refractivity contribution in [2.24, 2.45) is 11.0 Å². The minimum Gasteiger partial charge on any atom is -0.358 e. The van der Waals surface area contributed by atoms with E-state index in [9.17, 15) is 8.78 Å². The van der Waals surface area contributed by atoms with Gasteiger partial charge in [0.1, 0.15) is 11.6 Å². The third-order valence-electron chi connectivity index (χ3n) is 3.76. The number of nitrogens with zero attached hydrogens (tertiary/aromatic N) is 1. The molecule has 2 rings (SSSR count). The molecular formula is C15H19F2N3S. The maximum Gasteiger partial charge on any atom is 0.187 e. The number of benzene rings is 1. The van der Waals surface area contributed by atoms with Crippen molar-refractivity contribution in [3.63, 3.8) is 0 Å². The Morgan fingerprint density at radius 2 is 2.10 bits per heavy atom. The molecule has 1 aliphatic carbocycles. The highest BCUT2D eigenvalue weighted by molar-refractivity contribution is 7.80. The standard InChI is InChI=1S/C15H19F2N3S/c1-10-4-2-3-5-14(10)19-15(21)20-18-9-11-6-7-12(16)8-13(11)17/h6-10,14H,2-5H2,1H3,(H2,19,20,21)/b18-9-/t10-,14-/m0/s1. The molecule has 1 aliphatic rings. The van der Waals surface area contributed by atoms with Gasteiger partial charge in [-0.05, 0) is 43.1 Å². The van der Waals surface area contributed by atoms with Crippen molar-refractivity contribution >= 4 is 23.5 Å². The lowest BCUT2D eigenvalue weighted by molar-refractivity contribution is 0.308. The monoisotopic (exact) mass is 311 g/mol. The van der Waals surface area contributed by atoms with Gasteiger partial charge in [0.25, 0.3) is 0 Å². The summed E-state index contributed by atoms with van der Waals surface area (Å²) in [6.45, 7) is 2.20. The molecule has 1 aromatic carbocycles. The number of hydrogen-bond acceptors (Lipinski definition) is 2. The van der Waals surface area contributed by atoms with Crippen LogP contribution >= 0.6 is 12.2 Å². The number of hydrogen-bond donors (Lipinski definition) is 2. The minimum atomic E-state index is -0.652. The number of thiocarbonyl (C=S) groups is 1. The molecule has 0 saturated heterocycles. The topological polar surface area (TPSA) is 36.4 Å². The van der Waals surface area contributed by atoms with E-state index in [-0.39, 0.29) is 5.56 Å². The smallest absolute Gasteiger partial charge is 0.187 e. The van der Waals surface area contributed by atoms with Gasteiger partial charge in [0.15, 0.2) is 5.11 Å². The average molecular weight is 311 g/mol. The molecule has 1 aromatic rings. The van der Waals surface area contributed by atoms with Crippen LogP contribution in [0.1, 0.15) is 38.2 Å². The summed E-state index contributed by atoms with van der Waals surface area (Å²) in [6.07, 6.45) is 6.05. The van der Waals surface area contributed by atoms with Gasteiger partial charge in [-0.2, -0.15) is 5.10 Å². The second-order valence-electron chi connectivity index (χ2n) is 5.38. The Morgan fingerprint density at radius 3 is 2.81 bits per heavy atom. The number of halogens is 2. The summed E-state index contributed by atoms with van der Waals surface area (Å²) in [5.41, 5.74) is 2.88. The van der Waals surface area contributed by atoms with E-state index in [0.29, 0.717) is 17.1 Å². The first-order chi connectivity index (χ1) is 10.1. The van der Waals surface area contributed by atoms with Crippen LogP contribution in [0.4, 0.5) is 8.78 Å². The van der Waals surface area contributed by atoms with Crippen LogP contribution in [-0.2, 0) is 0 Å². The lowest BCUT2D eigenvalue weighted by Gasteiger charge is -2.30. The van der Waals surface area contributed by atoms with Crippen LogP contribution in [0.15, 0.2) is 23.3 Å². The minimum absolute atomic E-state index is 0.206.